The largest absolute Gasteiger partial charge is 0.353 e. The summed E-state index contributed by atoms with van der Waals surface area (Å²) >= 11 is 0. The van der Waals surface area contributed by atoms with E-state index in [0.717, 1.165) is 25.5 Å². The van der Waals surface area contributed by atoms with E-state index in [0.29, 0.717) is 12.1 Å². The molecule has 1 aromatic rings. The standard InChI is InChI=1S/C12H20N4/c1-9(2)14-5-10-3-4-12(15-6-10)16-7-11(13)8-16/h3-4,6,9,11,14H,5,7-8,13H2,1-2H3. The van der Waals surface area contributed by atoms with E-state index >= 15 is 0 Å². The minimum Gasteiger partial charge on any atom is -0.353 e. The van der Waals surface area contributed by atoms with Gasteiger partial charge in [-0.15, -0.1) is 0 Å². The van der Waals surface area contributed by atoms with Crippen molar-refractivity contribution >= 4 is 5.82 Å². The summed E-state index contributed by atoms with van der Waals surface area (Å²) in [6.07, 6.45) is 1.94. The Morgan fingerprint density at radius 1 is 1.50 bits per heavy atom. The van der Waals surface area contributed by atoms with Crippen LogP contribution in [0, 0.1) is 0 Å². The molecule has 0 amide bonds. The number of nitrogens with one attached hydrogen (secondary N) is 1. The van der Waals surface area contributed by atoms with Gasteiger partial charge < -0.3 is 16.0 Å². The first-order valence-electron chi connectivity index (χ1n) is 5.84. The van der Waals surface area contributed by atoms with Crippen LogP contribution in [0.1, 0.15) is 19.4 Å². The predicted molar refractivity (Wildman–Crippen MR) is 66.4 cm³/mol. The summed E-state index contributed by atoms with van der Waals surface area (Å²) in [6.45, 7) is 7.02. The van der Waals surface area contributed by atoms with E-state index in [-0.39, 0.29) is 0 Å². The Balaban J connectivity index is 1.89. The molecule has 0 aliphatic carbocycles. The first-order valence-corrected chi connectivity index (χ1v) is 5.84. The predicted octanol–water partition coefficient (Wildman–Crippen LogP) is 0.727. The van der Waals surface area contributed by atoms with E-state index < -0.39 is 0 Å². The van der Waals surface area contributed by atoms with Crippen LogP contribution in [0.15, 0.2) is 18.3 Å². The minimum atomic E-state index is 0.323. The summed E-state index contributed by atoms with van der Waals surface area (Å²) in [7, 11) is 0. The van der Waals surface area contributed by atoms with Crippen LogP contribution >= 0.6 is 0 Å². The van der Waals surface area contributed by atoms with Crippen LogP contribution < -0.4 is 16.0 Å². The van der Waals surface area contributed by atoms with Gasteiger partial charge in [-0.2, -0.15) is 0 Å². The molecule has 1 aliphatic heterocycles. The van der Waals surface area contributed by atoms with Crippen molar-refractivity contribution in [3.8, 4) is 0 Å². The van der Waals surface area contributed by atoms with Crippen molar-refractivity contribution in [2.24, 2.45) is 5.73 Å². The van der Waals surface area contributed by atoms with E-state index in [9.17, 15) is 0 Å². The van der Waals surface area contributed by atoms with Crippen LogP contribution in [0.5, 0.6) is 0 Å². The molecule has 4 heteroatoms. The maximum absolute atomic E-state index is 5.74. The molecule has 0 bridgehead atoms. The molecule has 0 unspecified atom stereocenters. The van der Waals surface area contributed by atoms with Crippen LogP contribution in [-0.2, 0) is 6.54 Å². The van der Waals surface area contributed by atoms with Crippen LogP contribution in [-0.4, -0.2) is 30.2 Å². The lowest BCUT2D eigenvalue weighted by Gasteiger charge is -2.37. The van der Waals surface area contributed by atoms with Gasteiger partial charge in [0.25, 0.3) is 0 Å². The molecule has 0 radical (unpaired) electrons. The van der Waals surface area contributed by atoms with E-state index in [1.807, 2.05) is 6.20 Å². The third kappa shape index (κ3) is 2.71. The van der Waals surface area contributed by atoms with Crippen molar-refractivity contribution in [3.05, 3.63) is 23.9 Å². The van der Waals surface area contributed by atoms with Gasteiger partial charge in [0.1, 0.15) is 5.82 Å². The number of aromatic nitrogens is 1. The van der Waals surface area contributed by atoms with Gasteiger partial charge in [0.15, 0.2) is 0 Å². The van der Waals surface area contributed by atoms with Gasteiger partial charge >= 0.3 is 0 Å². The van der Waals surface area contributed by atoms with Crippen LogP contribution in [0.3, 0.4) is 0 Å². The molecule has 3 N–H and O–H groups in total. The smallest absolute Gasteiger partial charge is 0.128 e. The van der Waals surface area contributed by atoms with Crippen molar-refractivity contribution in [3.63, 3.8) is 0 Å². The summed E-state index contributed by atoms with van der Waals surface area (Å²) < 4.78 is 0. The second kappa shape index (κ2) is 4.80. The topological polar surface area (TPSA) is 54.2 Å². The van der Waals surface area contributed by atoms with Gasteiger partial charge in [0.2, 0.25) is 0 Å². The lowest BCUT2D eigenvalue weighted by atomic mass is 10.1. The maximum atomic E-state index is 5.74. The number of nitrogens with two attached hydrogens (primary N) is 1. The van der Waals surface area contributed by atoms with Crippen molar-refractivity contribution in [1.82, 2.24) is 10.3 Å². The molecule has 1 saturated heterocycles. The molecule has 0 saturated carbocycles. The normalized spacial score (nSPS) is 16.6. The summed E-state index contributed by atoms with van der Waals surface area (Å²) in [4.78, 5) is 6.64. The zero-order valence-corrected chi connectivity index (χ0v) is 9.98. The Hall–Kier alpha value is -1.13. The zero-order valence-electron chi connectivity index (χ0n) is 9.98. The van der Waals surface area contributed by atoms with Gasteiger partial charge in [-0.1, -0.05) is 19.9 Å². The summed E-state index contributed by atoms with van der Waals surface area (Å²) in [5.74, 6) is 1.04. The average molecular weight is 220 g/mol. The monoisotopic (exact) mass is 220 g/mol. The van der Waals surface area contributed by atoms with Gasteiger partial charge in [0.05, 0.1) is 0 Å². The van der Waals surface area contributed by atoms with E-state index in [4.69, 9.17) is 5.73 Å². The van der Waals surface area contributed by atoms with Crippen molar-refractivity contribution in [2.75, 3.05) is 18.0 Å². The highest BCUT2D eigenvalue weighted by atomic mass is 15.3. The first kappa shape index (κ1) is 11.4. The number of anilines is 1. The number of rotatable bonds is 4. The van der Waals surface area contributed by atoms with Gasteiger partial charge in [0, 0.05) is 37.9 Å². The second-order valence-electron chi connectivity index (χ2n) is 4.73. The van der Waals surface area contributed by atoms with Crippen molar-refractivity contribution < 1.29 is 0 Å². The molecule has 88 valence electrons. The van der Waals surface area contributed by atoms with E-state index in [1.165, 1.54) is 5.56 Å². The Labute approximate surface area is 96.8 Å². The zero-order chi connectivity index (χ0) is 11.5. The fourth-order valence-electron chi connectivity index (χ4n) is 1.73. The Bertz CT molecular complexity index is 327. The molecule has 0 atom stereocenters. The highest BCUT2D eigenvalue weighted by Crippen LogP contribution is 2.17. The second-order valence-corrected chi connectivity index (χ2v) is 4.73. The highest BCUT2D eigenvalue weighted by molar-refractivity contribution is 5.42. The van der Waals surface area contributed by atoms with Gasteiger partial charge in [-0.25, -0.2) is 4.98 Å². The molecule has 0 spiro atoms. The third-order valence-corrected chi connectivity index (χ3v) is 2.76. The van der Waals surface area contributed by atoms with Gasteiger partial charge in [-0.3, -0.25) is 0 Å². The lowest BCUT2D eigenvalue weighted by molar-refractivity contribution is 0.514. The van der Waals surface area contributed by atoms with Crippen molar-refractivity contribution in [2.45, 2.75) is 32.5 Å². The number of nitrogens with zero attached hydrogens (tertiary/aromatic N) is 2. The molecule has 1 aliphatic rings. The van der Waals surface area contributed by atoms with Crippen LogP contribution in [0.4, 0.5) is 5.82 Å². The lowest BCUT2D eigenvalue weighted by Crippen LogP contribution is -2.56. The van der Waals surface area contributed by atoms with Crippen molar-refractivity contribution in [1.29, 1.82) is 0 Å². The number of hydrogen-bond donors (Lipinski definition) is 2. The van der Waals surface area contributed by atoms with Crippen LogP contribution in [0.25, 0.3) is 0 Å². The Morgan fingerprint density at radius 3 is 2.75 bits per heavy atom. The molecular formula is C12H20N4. The third-order valence-electron chi connectivity index (χ3n) is 2.76. The molecular weight excluding hydrogens is 200 g/mol. The fourth-order valence-corrected chi connectivity index (χ4v) is 1.73. The molecule has 1 aromatic heterocycles. The average Bonchev–Trinajstić information content (AvgIpc) is 2.23. The quantitative estimate of drug-likeness (QED) is 0.785. The summed E-state index contributed by atoms with van der Waals surface area (Å²) in [5, 5.41) is 3.37. The molecule has 2 heterocycles. The summed E-state index contributed by atoms with van der Waals surface area (Å²) in [5.41, 5.74) is 6.96. The van der Waals surface area contributed by atoms with E-state index in [1.54, 1.807) is 0 Å². The van der Waals surface area contributed by atoms with Gasteiger partial charge in [-0.05, 0) is 11.6 Å². The molecule has 16 heavy (non-hydrogen) atoms. The number of pyridine rings is 1. The highest BCUT2D eigenvalue weighted by Gasteiger charge is 2.23. The fraction of sp³-hybridized carbons (Fsp3) is 0.583. The molecule has 2 rings (SSSR count). The van der Waals surface area contributed by atoms with E-state index in [2.05, 4.69) is 41.2 Å². The number of hydrogen-bond acceptors (Lipinski definition) is 4. The Morgan fingerprint density at radius 2 is 2.25 bits per heavy atom. The molecule has 0 aromatic carbocycles. The minimum absolute atomic E-state index is 0.323. The Kier molecular flexibility index (Phi) is 3.41. The first-order chi connectivity index (χ1) is 7.65. The maximum Gasteiger partial charge on any atom is 0.128 e. The SMILES string of the molecule is CC(C)NCc1ccc(N2CC(N)C2)nc1. The molecule has 4 nitrogen and oxygen atoms in total. The summed E-state index contributed by atoms with van der Waals surface area (Å²) in [6, 6.07) is 5.03. The van der Waals surface area contributed by atoms with Crippen LogP contribution in [0.2, 0.25) is 0 Å². The molecule has 1 fully saturated rings.